The van der Waals surface area contributed by atoms with E-state index >= 15 is 0 Å². The van der Waals surface area contributed by atoms with Crippen LogP contribution in [0.2, 0.25) is 0 Å². The monoisotopic (exact) mass is 210 g/mol. The Balaban J connectivity index is 2.31. The van der Waals surface area contributed by atoms with Crippen LogP contribution in [0.25, 0.3) is 0 Å². The number of aliphatic carboxylic acids is 1. The van der Waals surface area contributed by atoms with Gasteiger partial charge in [-0.1, -0.05) is 13.5 Å². The quantitative estimate of drug-likeness (QED) is 0.684. The molecule has 0 amide bonds. The van der Waals surface area contributed by atoms with E-state index in [-0.39, 0.29) is 12.1 Å². The third kappa shape index (κ3) is 3.55. The first-order valence-corrected chi connectivity index (χ1v) is 4.68. The van der Waals surface area contributed by atoms with Gasteiger partial charge in [-0.15, -0.1) is 0 Å². The van der Waals surface area contributed by atoms with Crippen molar-refractivity contribution >= 4 is 5.97 Å². The molecule has 0 spiro atoms. The molecule has 1 aromatic rings. The summed E-state index contributed by atoms with van der Waals surface area (Å²) in [5, 5.41) is 11.4. The second kappa shape index (κ2) is 5.31. The van der Waals surface area contributed by atoms with Gasteiger partial charge in [-0.2, -0.15) is 0 Å². The van der Waals surface area contributed by atoms with E-state index in [1.807, 2.05) is 6.92 Å². The molecule has 0 saturated carbocycles. The minimum absolute atomic E-state index is 0.122. The summed E-state index contributed by atoms with van der Waals surface area (Å²) < 4.78 is 5.32. The lowest BCUT2D eigenvalue weighted by Gasteiger charge is -2.00. The highest BCUT2D eigenvalue weighted by molar-refractivity contribution is 5.86. The van der Waals surface area contributed by atoms with Crippen molar-refractivity contribution in [3.05, 3.63) is 30.0 Å². The number of carboxylic acid groups (broad SMARTS) is 1. The summed E-state index contributed by atoms with van der Waals surface area (Å²) in [6, 6.07) is 0. The van der Waals surface area contributed by atoms with Crippen LogP contribution < -0.4 is 5.32 Å². The second-order valence-corrected chi connectivity index (χ2v) is 3.09. The maximum atomic E-state index is 10.4. The normalized spacial score (nSPS) is 10.2. The Morgan fingerprint density at radius 2 is 2.47 bits per heavy atom. The third-order valence-corrected chi connectivity index (χ3v) is 1.87. The largest absolute Gasteiger partial charge is 0.478 e. The molecule has 0 aliphatic heterocycles. The van der Waals surface area contributed by atoms with Crippen LogP contribution in [0.15, 0.2) is 22.8 Å². The molecule has 0 radical (unpaired) electrons. The van der Waals surface area contributed by atoms with Crippen LogP contribution in [0.1, 0.15) is 18.6 Å². The molecule has 0 saturated heterocycles. The third-order valence-electron chi connectivity index (χ3n) is 1.87. The summed E-state index contributed by atoms with van der Waals surface area (Å²) >= 11 is 0. The predicted octanol–water partition coefficient (Wildman–Crippen LogP) is 0.967. The Morgan fingerprint density at radius 3 is 3.00 bits per heavy atom. The maximum Gasteiger partial charge on any atom is 0.332 e. The topological polar surface area (TPSA) is 75.4 Å². The molecular weight excluding hydrogens is 196 g/mol. The summed E-state index contributed by atoms with van der Waals surface area (Å²) in [5.74, 6) is 0.387. The van der Waals surface area contributed by atoms with Crippen LogP contribution in [0.3, 0.4) is 0 Å². The highest BCUT2D eigenvalue weighted by atomic mass is 16.4. The standard InChI is InChI=1S/C10H14N2O3/c1-3-8-5-12-9(15-8)6-11-4-7(2)10(13)14/h5,11H,2-4,6H2,1H3,(H,13,14). The van der Waals surface area contributed by atoms with E-state index in [0.717, 1.165) is 12.2 Å². The first kappa shape index (κ1) is 11.5. The summed E-state index contributed by atoms with van der Waals surface area (Å²) in [4.78, 5) is 14.4. The number of carboxylic acids is 1. The molecule has 15 heavy (non-hydrogen) atoms. The van der Waals surface area contributed by atoms with Gasteiger partial charge in [0, 0.05) is 18.5 Å². The number of nitrogens with one attached hydrogen (secondary N) is 1. The number of hydrogen-bond acceptors (Lipinski definition) is 4. The lowest BCUT2D eigenvalue weighted by Crippen LogP contribution is -2.20. The molecular formula is C10H14N2O3. The van der Waals surface area contributed by atoms with Gasteiger partial charge in [0.05, 0.1) is 12.7 Å². The van der Waals surface area contributed by atoms with Gasteiger partial charge in [0.25, 0.3) is 0 Å². The van der Waals surface area contributed by atoms with Gasteiger partial charge in [-0.3, -0.25) is 0 Å². The number of nitrogens with zero attached hydrogens (tertiary/aromatic N) is 1. The Hall–Kier alpha value is -1.62. The van der Waals surface area contributed by atoms with Gasteiger partial charge in [-0.05, 0) is 0 Å². The lowest BCUT2D eigenvalue weighted by atomic mass is 10.3. The number of oxazole rings is 1. The number of aromatic nitrogens is 1. The number of carbonyl (C=O) groups is 1. The lowest BCUT2D eigenvalue weighted by molar-refractivity contribution is -0.132. The molecule has 0 atom stereocenters. The van der Waals surface area contributed by atoms with Gasteiger partial charge < -0.3 is 14.8 Å². The fourth-order valence-corrected chi connectivity index (χ4v) is 0.989. The van der Waals surface area contributed by atoms with Crippen molar-refractivity contribution in [1.82, 2.24) is 10.3 Å². The molecule has 82 valence electrons. The summed E-state index contributed by atoms with van der Waals surface area (Å²) in [6.07, 6.45) is 2.47. The zero-order valence-electron chi connectivity index (χ0n) is 8.62. The van der Waals surface area contributed by atoms with Gasteiger partial charge in [0.2, 0.25) is 5.89 Å². The minimum Gasteiger partial charge on any atom is -0.478 e. The van der Waals surface area contributed by atoms with Crippen LogP contribution in [-0.2, 0) is 17.8 Å². The van der Waals surface area contributed by atoms with Crippen molar-refractivity contribution in [2.45, 2.75) is 19.9 Å². The fraction of sp³-hybridized carbons (Fsp3) is 0.400. The molecule has 1 heterocycles. The highest BCUT2D eigenvalue weighted by Crippen LogP contribution is 2.03. The molecule has 0 aromatic carbocycles. The van der Waals surface area contributed by atoms with Crippen molar-refractivity contribution in [1.29, 1.82) is 0 Å². The molecule has 1 rings (SSSR count). The zero-order valence-corrected chi connectivity index (χ0v) is 8.62. The van der Waals surface area contributed by atoms with Crippen LogP contribution in [0.5, 0.6) is 0 Å². The van der Waals surface area contributed by atoms with E-state index in [0.29, 0.717) is 12.4 Å². The van der Waals surface area contributed by atoms with Crippen molar-refractivity contribution < 1.29 is 14.3 Å². The Kier molecular flexibility index (Phi) is 4.05. The van der Waals surface area contributed by atoms with E-state index in [2.05, 4.69) is 16.9 Å². The van der Waals surface area contributed by atoms with E-state index in [1.54, 1.807) is 6.20 Å². The SMILES string of the molecule is C=C(CNCc1ncc(CC)o1)C(=O)O. The van der Waals surface area contributed by atoms with Crippen LogP contribution in [0.4, 0.5) is 0 Å². The van der Waals surface area contributed by atoms with Gasteiger partial charge >= 0.3 is 5.97 Å². The summed E-state index contributed by atoms with van der Waals surface area (Å²) in [6.45, 7) is 6.00. The minimum atomic E-state index is -0.996. The van der Waals surface area contributed by atoms with Gasteiger partial charge in [0.15, 0.2) is 0 Å². The van der Waals surface area contributed by atoms with Crippen molar-refractivity contribution in [2.75, 3.05) is 6.54 Å². The van der Waals surface area contributed by atoms with Crippen LogP contribution in [-0.4, -0.2) is 22.6 Å². The molecule has 0 aliphatic rings. The molecule has 0 aliphatic carbocycles. The maximum absolute atomic E-state index is 10.4. The van der Waals surface area contributed by atoms with Crippen LogP contribution in [0, 0.1) is 0 Å². The molecule has 0 unspecified atom stereocenters. The fourth-order valence-electron chi connectivity index (χ4n) is 0.989. The Bertz CT molecular complexity index is 357. The first-order chi connectivity index (χ1) is 7.13. The Labute approximate surface area is 87.8 Å². The van der Waals surface area contributed by atoms with Gasteiger partial charge in [0.1, 0.15) is 5.76 Å². The molecule has 2 N–H and O–H groups in total. The predicted molar refractivity (Wildman–Crippen MR) is 54.4 cm³/mol. The van der Waals surface area contributed by atoms with E-state index in [4.69, 9.17) is 9.52 Å². The molecule has 0 fully saturated rings. The second-order valence-electron chi connectivity index (χ2n) is 3.09. The smallest absolute Gasteiger partial charge is 0.332 e. The van der Waals surface area contributed by atoms with Gasteiger partial charge in [-0.25, -0.2) is 9.78 Å². The number of hydrogen-bond donors (Lipinski definition) is 2. The average Bonchev–Trinajstić information content (AvgIpc) is 2.65. The number of rotatable bonds is 6. The number of aryl methyl sites for hydroxylation is 1. The summed E-state index contributed by atoms with van der Waals surface area (Å²) in [7, 11) is 0. The van der Waals surface area contributed by atoms with Crippen molar-refractivity contribution in [2.24, 2.45) is 0 Å². The van der Waals surface area contributed by atoms with Crippen molar-refractivity contribution in [3.63, 3.8) is 0 Å². The molecule has 5 heteroatoms. The molecule has 0 bridgehead atoms. The van der Waals surface area contributed by atoms with Crippen LogP contribution >= 0.6 is 0 Å². The van der Waals surface area contributed by atoms with E-state index < -0.39 is 5.97 Å². The Morgan fingerprint density at radius 1 is 1.73 bits per heavy atom. The zero-order chi connectivity index (χ0) is 11.3. The first-order valence-electron chi connectivity index (χ1n) is 4.68. The average molecular weight is 210 g/mol. The highest BCUT2D eigenvalue weighted by Gasteiger charge is 2.05. The summed E-state index contributed by atoms with van der Waals surface area (Å²) in [5.41, 5.74) is 0.122. The van der Waals surface area contributed by atoms with E-state index in [9.17, 15) is 4.79 Å². The molecule has 1 aromatic heterocycles. The van der Waals surface area contributed by atoms with E-state index in [1.165, 1.54) is 0 Å². The molecule has 5 nitrogen and oxygen atoms in total. The van der Waals surface area contributed by atoms with Crippen molar-refractivity contribution in [3.8, 4) is 0 Å².